The van der Waals surface area contributed by atoms with E-state index in [2.05, 4.69) is 10.3 Å². The van der Waals surface area contributed by atoms with Gasteiger partial charge in [-0.05, 0) is 42.7 Å². The van der Waals surface area contributed by atoms with Crippen molar-refractivity contribution in [3.63, 3.8) is 0 Å². The number of fused-ring (bicyclic) bond motifs is 1. The summed E-state index contributed by atoms with van der Waals surface area (Å²) in [5.74, 6) is -0.489. The highest BCUT2D eigenvalue weighted by Crippen LogP contribution is 2.24. The summed E-state index contributed by atoms with van der Waals surface area (Å²) in [6, 6.07) is 13.8. The summed E-state index contributed by atoms with van der Waals surface area (Å²) >= 11 is 0. The molecule has 1 aromatic heterocycles. The number of carbonyl (C=O) groups is 1. The predicted octanol–water partition coefficient (Wildman–Crippen LogP) is 3.26. The molecule has 0 saturated carbocycles. The van der Waals surface area contributed by atoms with Crippen LogP contribution in [0.3, 0.4) is 0 Å². The summed E-state index contributed by atoms with van der Waals surface area (Å²) in [5, 5.41) is 14.3. The van der Waals surface area contributed by atoms with Crippen molar-refractivity contribution in [3.8, 4) is 0 Å². The van der Waals surface area contributed by atoms with Gasteiger partial charge >= 0.3 is 0 Å². The zero-order valence-corrected chi connectivity index (χ0v) is 14.1. The summed E-state index contributed by atoms with van der Waals surface area (Å²) in [6.45, 7) is 2.09. The number of amides is 1. The molecule has 0 saturated heterocycles. The Labute approximate surface area is 145 Å². The molecule has 1 amide bonds. The third-order valence-electron chi connectivity index (χ3n) is 4.35. The van der Waals surface area contributed by atoms with Gasteiger partial charge in [0.2, 0.25) is 5.91 Å². The van der Waals surface area contributed by atoms with Crippen LogP contribution in [0.25, 0.3) is 10.9 Å². The maximum atomic E-state index is 13.2. The van der Waals surface area contributed by atoms with Crippen molar-refractivity contribution in [1.29, 1.82) is 0 Å². The van der Waals surface area contributed by atoms with Gasteiger partial charge in [0.15, 0.2) is 0 Å². The Morgan fingerprint density at radius 1 is 1.24 bits per heavy atom. The largest absolute Gasteiger partial charge is 0.385 e. The van der Waals surface area contributed by atoms with Gasteiger partial charge in [0, 0.05) is 23.6 Å². The summed E-state index contributed by atoms with van der Waals surface area (Å²) < 4.78 is 13.2. The first-order valence-electron chi connectivity index (χ1n) is 8.26. The summed E-state index contributed by atoms with van der Waals surface area (Å²) in [5.41, 5.74) is 1.27. The number of rotatable bonds is 6. The first kappa shape index (κ1) is 17.2. The number of aromatic amines is 1. The van der Waals surface area contributed by atoms with Crippen molar-refractivity contribution in [2.45, 2.75) is 25.4 Å². The fourth-order valence-corrected chi connectivity index (χ4v) is 2.98. The highest BCUT2D eigenvalue weighted by Gasteiger charge is 2.26. The van der Waals surface area contributed by atoms with Gasteiger partial charge in [0.1, 0.15) is 5.82 Å². The van der Waals surface area contributed by atoms with Crippen LogP contribution in [0.2, 0.25) is 0 Å². The van der Waals surface area contributed by atoms with E-state index in [0.29, 0.717) is 18.5 Å². The number of hydrogen-bond donors (Lipinski definition) is 3. The topological polar surface area (TPSA) is 65.1 Å². The lowest BCUT2D eigenvalue weighted by atomic mass is 9.92. The number of halogens is 1. The molecule has 3 aromatic rings. The van der Waals surface area contributed by atoms with E-state index in [0.717, 1.165) is 16.5 Å². The van der Waals surface area contributed by atoms with Gasteiger partial charge in [-0.15, -0.1) is 0 Å². The number of H-pyrrole nitrogens is 1. The minimum atomic E-state index is -1.20. The second kappa shape index (κ2) is 7.07. The lowest BCUT2D eigenvalue weighted by molar-refractivity contribution is -0.125. The highest BCUT2D eigenvalue weighted by molar-refractivity contribution is 5.83. The molecule has 4 nitrogen and oxygen atoms in total. The van der Waals surface area contributed by atoms with Crippen molar-refractivity contribution in [2.75, 3.05) is 6.54 Å². The smallest absolute Gasteiger partial charge is 0.223 e. The second-order valence-corrected chi connectivity index (χ2v) is 6.42. The SMILES string of the molecule is CC(O)(CC(=O)NCCc1c[nH]c2cc(F)ccc12)c1ccccc1. The molecule has 0 radical (unpaired) electrons. The number of hydrogen-bond acceptors (Lipinski definition) is 2. The standard InChI is InChI=1S/C20H21FN2O2/c1-20(25,15-5-3-2-4-6-15)12-19(24)22-10-9-14-13-23-18-11-16(21)7-8-17(14)18/h2-8,11,13,23,25H,9-10,12H2,1H3,(H,22,24). The molecule has 0 fully saturated rings. The van der Waals surface area contributed by atoms with Crippen molar-refractivity contribution < 1.29 is 14.3 Å². The summed E-state index contributed by atoms with van der Waals surface area (Å²) in [4.78, 5) is 15.2. The summed E-state index contributed by atoms with van der Waals surface area (Å²) in [7, 11) is 0. The Morgan fingerprint density at radius 3 is 2.76 bits per heavy atom. The third-order valence-corrected chi connectivity index (χ3v) is 4.35. The first-order chi connectivity index (χ1) is 12.0. The van der Waals surface area contributed by atoms with Crippen LogP contribution in [0, 0.1) is 5.82 Å². The Bertz CT molecular complexity index is 872. The van der Waals surface area contributed by atoms with Crippen molar-refractivity contribution in [2.24, 2.45) is 0 Å². The van der Waals surface area contributed by atoms with E-state index in [4.69, 9.17) is 0 Å². The van der Waals surface area contributed by atoms with Crippen LogP contribution in [-0.2, 0) is 16.8 Å². The molecule has 3 rings (SSSR count). The summed E-state index contributed by atoms with van der Waals surface area (Å²) in [6.07, 6.45) is 2.46. The molecule has 5 heteroatoms. The van der Waals surface area contributed by atoms with Crippen LogP contribution in [-0.4, -0.2) is 22.5 Å². The molecule has 0 aliphatic heterocycles. The molecule has 0 aliphatic carbocycles. The molecule has 1 heterocycles. The zero-order chi connectivity index (χ0) is 17.9. The van der Waals surface area contributed by atoms with Gasteiger partial charge in [0.05, 0.1) is 12.0 Å². The molecular weight excluding hydrogens is 319 g/mol. The van der Waals surface area contributed by atoms with Gasteiger partial charge in [-0.2, -0.15) is 0 Å². The molecule has 1 unspecified atom stereocenters. The minimum Gasteiger partial charge on any atom is -0.385 e. The normalized spacial score (nSPS) is 13.6. The van der Waals surface area contributed by atoms with Crippen LogP contribution in [0.4, 0.5) is 4.39 Å². The molecule has 0 aliphatic rings. The van der Waals surface area contributed by atoms with Crippen LogP contribution >= 0.6 is 0 Å². The molecule has 1 atom stereocenters. The molecule has 25 heavy (non-hydrogen) atoms. The fourth-order valence-electron chi connectivity index (χ4n) is 2.98. The zero-order valence-electron chi connectivity index (χ0n) is 14.1. The number of aliphatic hydroxyl groups is 1. The molecule has 0 bridgehead atoms. The van der Waals surface area contributed by atoms with Crippen LogP contribution < -0.4 is 5.32 Å². The average Bonchev–Trinajstić information content (AvgIpc) is 2.97. The van der Waals surface area contributed by atoms with Gasteiger partial charge in [0.25, 0.3) is 0 Å². The number of aromatic nitrogens is 1. The van der Waals surface area contributed by atoms with E-state index < -0.39 is 5.60 Å². The van der Waals surface area contributed by atoms with Crippen LogP contribution in [0.5, 0.6) is 0 Å². The van der Waals surface area contributed by atoms with Gasteiger partial charge in [-0.25, -0.2) is 4.39 Å². The Morgan fingerprint density at radius 2 is 2.00 bits per heavy atom. The van der Waals surface area contributed by atoms with E-state index in [1.807, 2.05) is 24.4 Å². The molecule has 0 spiro atoms. The van der Waals surface area contributed by atoms with E-state index >= 15 is 0 Å². The second-order valence-electron chi connectivity index (χ2n) is 6.42. The molecule has 2 aromatic carbocycles. The van der Waals surface area contributed by atoms with Crippen LogP contribution in [0.15, 0.2) is 54.7 Å². The Kier molecular flexibility index (Phi) is 4.86. The quantitative estimate of drug-likeness (QED) is 0.645. The van der Waals surface area contributed by atoms with Gasteiger partial charge in [-0.1, -0.05) is 30.3 Å². The molecular formula is C20H21FN2O2. The molecule has 3 N–H and O–H groups in total. The number of benzene rings is 2. The monoisotopic (exact) mass is 340 g/mol. The number of nitrogens with one attached hydrogen (secondary N) is 2. The van der Waals surface area contributed by atoms with Crippen molar-refractivity contribution in [1.82, 2.24) is 10.3 Å². The van der Waals surface area contributed by atoms with E-state index in [1.54, 1.807) is 25.1 Å². The Balaban J connectivity index is 1.55. The third kappa shape index (κ3) is 4.06. The number of carbonyl (C=O) groups excluding carboxylic acids is 1. The maximum Gasteiger partial charge on any atom is 0.223 e. The predicted molar refractivity (Wildman–Crippen MR) is 95.6 cm³/mol. The van der Waals surface area contributed by atoms with Crippen molar-refractivity contribution >= 4 is 16.8 Å². The lowest BCUT2D eigenvalue weighted by Crippen LogP contribution is -2.33. The minimum absolute atomic E-state index is 0.00386. The maximum absolute atomic E-state index is 13.2. The van der Waals surface area contributed by atoms with E-state index in [9.17, 15) is 14.3 Å². The Hall–Kier alpha value is -2.66. The van der Waals surface area contributed by atoms with Gasteiger partial charge < -0.3 is 15.4 Å². The first-order valence-corrected chi connectivity index (χ1v) is 8.26. The highest BCUT2D eigenvalue weighted by atomic mass is 19.1. The fraction of sp³-hybridized carbons (Fsp3) is 0.250. The average molecular weight is 340 g/mol. The van der Waals surface area contributed by atoms with Gasteiger partial charge in [-0.3, -0.25) is 4.79 Å². The lowest BCUT2D eigenvalue weighted by Gasteiger charge is -2.23. The van der Waals surface area contributed by atoms with E-state index in [1.165, 1.54) is 12.1 Å². The van der Waals surface area contributed by atoms with Crippen LogP contribution in [0.1, 0.15) is 24.5 Å². The van der Waals surface area contributed by atoms with Crippen molar-refractivity contribution in [3.05, 3.63) is 71.7 Å². The van der Waals surface area contributed by atoms with E-state index in [-0.39, 0.29) is 18.1 Å². The molecule has 130 valence electrons.